The average molecular weight is 304 g/mol. The van der Waals surface area contributed by atoms with Crippen LogP contribution in [0.25, 0.3) is 4.96 Å². The Morgan fingerprint density at radius 3 is 2.76 bits per heavy atom. The number of nitrogens with one attached hydrogen (secondary N) is 1. The van der Waals surface area contributed by atoms with Crippen molar-refractivity contribution < 1.29 is 4.39 Å². The Kier molecular flexibility index (Phi) is 3.42. The van der Waals surface area contributed by atoms with Gasteiger partial charge in [0.25, 0.3) is 5.56 Å². The van der Waals surface area contributed by atoms with Gasteiger partial charge in [-0.15, -0.1) is 5.10 Å². The molecular formula is C14H13FN4OS. The molecule has 1 atom stereocenters. The second-order valence-electron chi connectivity index (χ2n) is 4.75. The van der Waals surface area contributed by atoms with Crippen LogP contribution in [0.3, 0.4) is 0 Å². The number of rotatable bonds is 3. The third-order valence-electron chi connectivity index (χ3n) is 3.08. The summed E-state index contributed by atoms with van der Waals surface area (Å²) in [5.41, 5.74) is 1.41. The molecule has 21 heavy (non-hydrogen) atoms. The topological polar surface area (TPSA) is 59.3 Å². The molecule has 0 saturated carbocycles. The zero-order chi connectivity index (χ0) is 15.0. The number of aromatic nitrogens is 3. The minimum Gasteiger partial charge on any atom is -0.354 e. The van der Waals surface area contributed by atoms with Crippen molar-refractivity contribution in [1.82, 2.24) is 14.6 Å². The Morgan fingerprint density at radius 1 is 1.33 bits per heavy atom. The molecule has 0 unspecified atom stereocenters. The van der Waals surface area contributed by atoms with Gasteiger partial charge in [-0.05, 0) is 31.5 Å². The monoisotopic (exact) mass is 304 g/mol. The fourth-order valence-electron chi connectivity index (χ4n) is 2.00. The molecule has 2 heterocycles. The van der Waals surface area contributed by atoms with Gasteiger partial charge in [-0.1, -0.05) is 23.5 Å². The zero-order valence-corrected chi connectivity index (χ0v) is 12.3. The molecule has 108 valence electrons. The van der Waals surface area contributed by atoms with Gasteiger partial charge in [0.1, 0.15) is 5.82 Å². The van der Waals surface area contributed by atoms with Gasteiger partial charge < -0.3 is 5.32 Å². The zero-order valence-electron chi connectivity index (χ0n) is 11.5. The summed E-state index contributed by atoms with van der Waals surface area (Å²) in [6.45, 7) is 3.72. The molecule has 0 bridgehead atoms. The molecule has 0 aliphatic heterocycles. The van der Waals surface area contributed by atoms with E-state index in [9.17, 15) is 9.18 Å². The molecule has 7 heteroatoms. The van der Waals surface area contributed by atoms with Crippen molar-refractivity contribution in [2.45, 2.75) is 19.9 Å². The van der Waals surface area contributed by atoms with Gasteiger partial charge in [0, 0.05) is 11.8 Å². The minimum absolute atomic E-state index is 0.0528. The highest BCUT2D eigenvalue weighted by Crippen LogP contribution is 2.23. The lowest BCUT2D eigenvalue weighted by Gasteiger charge is -2.12. The lowest BCUT2D eigenvalue weighted by atomic mass is 10.1. The van der Waals surface area contributed by atoms with Crippen molar-refractivity contribution in [2.24, 2.45) is 0 Å². The van der Waals surface area contributed by atoms with Crippen molar-refractivity contribution in [2.75, 3.05) is 5.32 Å². The number of fused-ring (bicyclic) bond motifs is 1. The first kappa shape index (κ1) is 13.7. The van der Waals surface area contributed by atoms with E-state index in [1.165, 1.54) is 34.1 Å². The second kappa shape index (κ2) is 5.25. The third-order valence-corrected chi connectivity index (χ3v) is 3.92. The molecular weight excluding hydrogens is 291 g/mol. The maximum absolute atomic E-state index is 12.9. The van der Waals surface area contributed by atoms with Gasteiger partial charge >= 0.3 is 0 Å². The molecule has 0 amide bonds. The summed E-state index contributed by atoms with van der Waals surface area (Å²) in [4.78, 5) is 16.6. The van der Waals surface area contributed by atoms with Gasteiger partial charge in [0.05, 0.1) is 6.04 Å². The SMILES string of the molecule is Cc1cc(=O)n2nc(N[C@@H](C)c3ccc(F)cc3)sc2n1. The molecule has 5 nitrogen and oxygen atoms in total. The van der Waals surface area contributed by atoms with Crippen LogP contribution in [-0.2, 0) is 0 Å². The van der Waals surface area contributed by atoms with E-state index >= 15 is 0 Å². The Labute approximate surface area is 124 Å². The van der Waals surface area contributed by atoms with Crippen molar-refractivity contribution >= 4 is 21.4 Å². The molecule has 0 fully saturated rings. The molecule has 3 rings (SSSR count). The quantitative estimate of drug-likeness (QED) is 0.808. The normalized spacial score (nSPS) is 12.5. The van der Waals surface area contributed by atoms with E-state index in [0.717, 1.165) is 5.56 Å². The Morgan fingerprint density at radius 2 is 2.05 bits per heavy atom. The highest BCUT2D eigenvalue weighted by molar-refractivity contribution is 7.20. The van der Waals surface area contributed by atoms with Gasteiger partial charge in [-0.2, -0.15) is 4.52 Å². The standard InChI is InChI=1S/C14H13FN4OS/c1-8-7-12(20)19-14(16-8)21-13(18-19)17-9(2)10-3-5-11(15)6-4-10/h3-7,9H,1-2H3,(H,17,18)/t9-/m0/s1. The molecule has 0 saturated heterocycles. The van der Waals surface area contributed by atoms with E-state index in [4.69, 9.17) is 0 Å². The second-order valence-corrected chi connectivity index (χ2v) is 5.71. The molecule has 0 aliphatic carbocycles. The van der Waals surface area contributed by atoms with Crippen LogP contribution in [0.2, 0.25) is 0 Å². The first-order valence-electron chi connectivity index (χ1n) is 6.42. The molecule has 0 radical (unpaired) electrons. The van der Waals surface area contributed by atoms with Gasteiger partial charge in [-0.3, -0.25) is 4.79 Å². The lowest BCUT2D eigenvalue weighted by Crippen LogP contribution is -2.14. The predicted octanol–water partition coefficient (Wildman–Crippen LogP) is 2.77. The van der Waals surface area contributed by atoms with Crippen LogP contribution >= 0.6 is 11.3 Å². The number of benzene rings is 1. The van der Waals surface area contributed by atoms with E-state index in [2.05, 4.69) is 15.4 Å². The van der Waals surface area contributed by atoms with Crippen LogP contribution in [0.5, 0.6) is 0 Å². The fraction of sp³-hybridized carbons (Fsp3) is 0.214. The van der Waals surface area contributed by atoms with Crippen molar-refractivity contribution in [1.29, 1.82) is 0 Å². The molecule has 1 N–H and O–H groups in total. The Hall–Kier alpha value is -2.28. The average Bonchev–Trinajstić information content (AvgIpc) is 2.82. The highest BCUT2D eigenvalue weighted by atomic mass is 32.1. The van der Waals surface area contributed by atoms with Crippen LogP contribution in [0.15, 0.2) is 35.1 Å². The summed E-state index contributed by atoms with van der Waals surface area (Å²) in [6.07, 6.45) is 0. The summed E-state index contributed by atoms with van der Waals surface area (Å²) < 4.78 is 14.2. The number of aryl methyl sites for hydroxylation is 1. The largest absolute Gasteiger partial charge is 0.354 e. The Bertz CT molecular complexity index is 840. The summed E-state index contributed by atoms with van der Waals surface area (Å²) in [6, 6.07) is 7.66. The summed E-state index contributed by atoms with van der Waals surface area (Å²) in [5, 5.41) is 8.01. The van der Waals surface area contributed by atoms with Crippen molar-refractivity contribution in [3.05, 3.63) is 57.8 Å². The molecule has 3 aromatic rings. The Balaban J connectivity index is 1.89. The number of hydrogen-bond acceptors (Lipinski definition) is 5. The molecule has 2 aromatic heterocycles. The summed E-state index contributed by atoms with van der Waals surface area (Å²) >= 11 is 1.31. The van der Waals surface area contributed by atoms with E-state index in [-0.39, 0.29) is 17.4 Å². The van der Waals surface area contributed by atoms with Crippen LogP contribution < -0.4 is 10.9 Å². The number of anilines is 1. The van der Waals surface area contributed by atoms with Crippen molar-refractivity contribution in [3.8, 4) is 0 Å². The van der Waals surface area contributed by atoms with E-state index in [1.807, 2.05) is 6.92 Å². The summed E-state index contributed by atoms with van der Waals surface area (Å²) in [7, 11) is 0. The van der Waals surface area contributed by atoms with E-state index in [1.54, 1.807) is 19.1 Å². The smallest absolute Gasteiger partial charge is 0.275 e. The first-order chi connectivity index (χ1) is 10.0. The van der Waals surface area contributed by atoms with Crippen molar-refractivity contribution in [3.63, 3.8) is 0 Å². The van der Waals surface area contributed by atoms with Crippen LogP contribution in [0, 0.1) is 12.7 Å². The van der Waals surface area contributed by atoms with Gasteiger partial charge in [0.2, 0.25) is 10.1 Å². The third kappa shape index (κ3) is 2.78. The number of nitrogens with zero attached hydrogens (tertiary/aromatic N) is 3. The first-order valence-corrected chi connectivity index (χ1v) is 7.24. The van der Waals surface area contributed by atoms with Crippen LogP contribution in [0.4, 0.5) is 9.52 Å². The van der Waals surface area contributed by atoms with E-state index < -0.39 is 0 Å². The summed E-state index contributed by atoms with van der Waals surface area (Å²) in [5.74, 6) is -0.267. The number of halogens is 1. The highest BCUT2D eigenvalue weighted by Gasteiger charge is 2.11. The predicted molar refractivity (Wildman–Crippen MR) is 80.3 cm³/mol. The number of hydrogen-bond donors (Lipinski definition) is 1. The van der Waals surface area contributed by atoms with E-state index in [0.29, 0.717) is 15.8 Å². The fourth-order valence-corrected chi connectivity index (χ4v) is 2.94. The van der Waals surface area contributed by atoms with Crippen LogP contribution in [-0.4, -0.2) is 14.6 Å². The molecule has 0 spiro atoms. The molecule has 0 aliphatic rings. The van der Waals surface area contributed by atoms with Crippen LogP contribution in [0.1, 0.15) is 24.2 Å². The lowest BCUT2D eigenvalue weighted by molar-refractivity contribution is 0.626. The van der Waals surface area contributed by atoms with Gasteiger partial charge in [-0.25, -0.2) is 9.37 Å². The molecule has 1 aromatic carbocycles. The maximum Gasteiger partial charge on any atom is 0.275 e. The maximum atomic E-state index is 12.9. The van der Waals surface area contributed by atoms with Gasteiger partial charge in [0.15, 0.2) is 0 Å². The minimum atomic E-state index is -0.267.